The minimum atomic E-state index is -0.859. The van der Waals surface area contributed by atoms with Gasteiger partial charge in [-0.25, -0.2) is 0 Å². The van der Waals surface area contributed by atoms with Crippen LogP contribution >= 0.6 is 0 Å². The van der Waals surface area contributed by atoms with Crippen molar-refractivity contribution in [3.05, 3.63) is 77.5 Å². The summed E-state index contributed by atoms with van der Waals surface area (Å²) in [5.74, 6) is -1.46. The summed E-state index contributed by atoms with van der Waals surface area (Å²) in [6, 6.07) is 11.6. The summed E-state index contributed by atoms with van der Waals surface area (Å²) in [5, 5.41) is 19.4. The van der Waals surface area contributed by atoms with E-state index in [0.29, 0.717) is 5.76 Å². The SMILES string of the molecule is O=C(/C=C/c1ccccc1)C1=C(O)C(=O)N(CCO)C1c1ccco1. The lowest BCUT2D eigenvalue weighted by Gasteiger charge is -2.23. The highest BCUT2D eigenvalue weighted by atomic mass is 16.3. The number of hydrogen-bond acceptors (Lipinski definition) is 5. The molecule has 128 valence electrons. The summed E-state index contributed by atoms with van der Waals surface area (Å²) >= 11 is 0. The molecular formula is C19H17NO5. The molecule has 3 rings (SSSR count). The average Bonchev–Trinajstić information content (AvgIpc) is 3.23. The molecule has 1 aliphatic rings. The Labute approximate surface area is 144 Å². The summed E-state index contributed by atoms with van der Waals surface area (Å²) in [4.78, 5) is 26.1. The fourth-order valence-corrected chi connectivity index (χ4v) is 2.81. The molecular weight excluding hydrogens is 322 g/mol. The third-order valence-corrected chi connectivity index (χ3v) is 3.95. The lowest BCUT2D eigenvalue weighted by Crippen LogP contribution is -2.33. The second-order valence-electron chi connectivity index (χ2n) is 5.51. The number of benzene rings is 1. The number of aliphatic hydroxyl groups excluding tert-OH is 2. The molecule has 6 heteroatoms. The Bertz CT molecular complexity index is 821. The Hall–Kier alpha value is -3.12. The summed E-state index contributed by atoms with van der Waals surface area (Å²) in [6.45, 7) is -0.314. The maximum Gasteiger partial charge on any atom is 0.290 e. The van der Waals surface area contributed by atoms with Gasteiger partial charge in [0.25, 0.3) is 5.91 Å². The predicted octanol–water partition coefficient (Wildman–Crippen LogP) is 2.25. The largest absolute Gasteiger partial charge is 0.503 e. The third kappa shape index (κ3) is 3.25. The van der Waals surface area contributed by atoms with E-state index in [4.69, 9.17) is 4.42 Å². The van der Waals surface area contributed by atoms with Crippen LogP contribution in [0.15, 0.2) is 70.6 Å². The molecule has 0 spiro atoms. The van der Waals surface area contributed by atoms with Crippen LogP contribution in [0.2, 0.25) is 0 Å². The highest BCUT2D eigenvalue weighted by Gasteiger charge is 2.43. The minimum Gasteiger partial charge on any atom is -0.503 e. The van der Waals surface area contributed by atoms with Crippen LogP contribution in [0.5, 0.6) is 0 Å². The topological polar surface area (TPSA) is 91.0 Å². The first kappa shape index (κ1) is 16.7. The van der Waals surface area contributed by atoms with E-state index in [1.807, 2.05) is 30.3 Å². The Morgan fingerprint density at radius 3 is 2.60 bits per heavy atom. The molecule has 1 aromatic carbocycles. The Balaban J connectivity index is 1.95. The first-order valence-electron chi connectivity index (χ1n) is 7.79. The van der Waals surface area contributed by atoms with Gasteiger partial charge < -0.3 is 19.5 Å². The molecule has 2 N–H and O–H groups in total. The van der Waals surface area contributed by atoms with Crippen molar-refractivity contribution >= 4 is 17.8 Å². The van der Waals surface area contributed by atoms with Gasteiger partial charge in [0.2, 0.25) is 0 Å². The fourth-order valence-electron chi connectivity index (χ4n) is 2.81. The average molecular weight is 339 g/mol. The van der Waals surface area contributed by atoms with E-state index in [9.17, 15) is 19.8 Å². The smallest absolute Gasteiger partial charge is 0.290 e. The molecule has 1 aromatic heterocycles. The number of aliphatic hydroxyl groups is 2. The zero-order valence-corrected chi connectivity index (χ0v) is 13.3. The van der Waals surface area contributed by atoms with Crippen LogP contribution in [0.3, 0.4) is 0 Å². The number of β-amino-alcohol motifs (C(OH)–C–C–N with tert-alkyl or cyclic N) is 1. The lowest BCUT2D eigenvalue weighted by atomic mass is 10.0. The number of furan rings is 1. The van der Waals surface area contributed by atoms with Gasteiger partial charge in [0, 0.05) is 6.54 Å². The second kappa shape index (κ2) is 7.19. The van der Waals surface area contributed by atoms with Crippen molar-refractivity contribution in [1.29, 1.82) is 0 Å². The normalized spacial score (nSPS) is 17.7. The zero-order valence-electron chi connectivity index (χ0n) is 13.3. The molecule has 2 heterocycles. The lowest BCUT2D eigenvalue weighted by molar-refractivity contribution is -0.130. The van der Waals surface area contributed by atoms with Gasteiger partial charge in [-0.05, 0) is 23.8 Å². The van der Waals surface area contributed by atoms with Crippen LogP contribution in [0.1, 0.15) is 17.4 Å². The number of allylic oxidation sites excluding steroid dienone is 1. The van der Waals surface area contributed by atoms with Gasteiger partial charge in [-0.3, -0.25) is 9.59 Å². The van der Waals surface area contributed by atoms with Crippen molar-refractivity contribution in [3.8, 4) is 0 Å². The molecule has 0 saturated heterocycles. The number of nitrogens with zero attached hydrogens (tertiary/aromatic N) is 1. The van der Waals surface area contributed by atoms with Gasteiger partial charge in [0.15, 0.2) is 11.5 Å². The van der Waals surface area contributed by atoms with E-state index in [0.717, 1.165) is 5.56 Å². The predicted molar refractivity (Wildman–Crippen MR) is 90.4 cm³/mol. The van der Waals surface area contributed by atoms with Crippen LogP contribution in [0, 0.1) is 0 Å². The molecule has 6 nitrogen and oxygen atoms in total. The standard InChI is InChI=1S/C19H17NO5/c21-11-10-20-17(15-7-4-12-25-15)16(18(23)19(20)24)14(22)9-8-13-5-2-1-3-6-13/h1-9,12,17,21,23H,10-11H2/b9-8+. The van der Waals surface area contributed by atoms with Crippen LogP contribution < -0.4 is 0 Å². The maximum absolute atomic E-state index is 12.6. The van der Waals surface area contributed by atoms with Gasteiger partial charge in [-0.15, -0.1) is 0 Å². The number of carbonyl (C=O) groups excluding carboxylic acids is 2. The molecule has 1 unspecified atom stereocenters. The first-order valence-corrected chi connectivity index (χ1v) is 7.79. The molecule has 0 aliphatic carbocycles. The number of rotatable bonds is 6. The third-order valence-electron chi connectivity index (χ3n) is 3.95. The summed E-state index contributed by atoms with van der Waals surface area (Å²) in [6.07, 6.45) is 4.35. The zero-order chi connectivity index (χ0) is 17.8. The molecule has 2 aromatic rings. The quantitative estimate of drug-likeness (QED) is 0.788. The monoisotopic (exact) mass is 339 g/mol. The van der Waals surface area contributed by atoms with Crippen LogP contribution in [0.4, 0.5) is 0 Å². The van der Waals surface area contributed by atoms with Crippen molar-refractivity contribution < 1.29 is 24.2 Å². The van der Waals surface area contributed by atoms with Crippen molar-refractivity contribution in [2.45, 2.75) is 6.04 Å². The summed E-state index contributed by atoms with van der Waals surface area (Å²) < 4.78 is 5.34. The maximum atomic E-state index is 12.6. The van der Waals surface area contributed by atoms with Gasteiger partial charge in [0.05, 0.1) is 18.4 Å². The van der Waals surface area contributed by atoms with Gasteiger partial charge >= 0.3 is 0 Å². The summed E-state index contributed by atoms with van der Waals surface area (Å²) in [7, 11) is 0. The molecule has 0 fully saturated rings. The van der Waals surface area contributed by atoms with Crippen LogP contribution in [-0.2, 0) is 9.59 Å². The van der Waals surface area contributed by atoms with Crippen molar-refractivity contribution in [2.75, 3.05) is 13.2 Å². The van der Waals surface area contributed by atoms with E-state index in [-0.39, 0.29) is 18.7 Å². The van der Waals surface area contributed by atoms with Crippen molar-refractivity contribution in [3.63, 3.8) is 0 Å². The first-order chi connectivity index (χ1) is 12.1. The molecule has 1 amide bonds. The van der Waals surface area contributed by atoms with E-state index in [2.05, 4.69) is 0 Å². The number of ketones is 1. The van der Waals surface area contributed by atoms with Gasteiger partial charge in [0.1, 0.15) is 11.8 Å². The van der Waals surface area contributed by atoms with Crippen molar-refractivity contribution in [2.24, 2.45) is 0 Å². The fraction of sp³-hybridized carbons (Fsp3) is 0.158. The van der Waals surface area contributed by atoms with E-state index >= 15 is 0 Å². The highest BCUT2D eigenvalue weighted by Crippen LogP contribution is 2.37. The Morgan fingerprint density at radius 1 is 1.20 bits per heavy atom. The van der Waals surface area contributed by atoms with Gasteiger partial charge in [-0.1, -0.05) is 36.4 Å². The van der Waals surface area contributed by atoms with Gasteiger partial charge in [-0.2, -0.15) is 0 Å². The molecule has 1 atom stereocenters. The van der Waals surface area contributed by atoms with Crippen LogP contribution in [-0.4, -0.2) is 40.0 Å². The molecule has 0 bridgehead atoms. The summed E-state index contributed by atoms with van der Waals surface area (Å²) in [5.41, 5.74) is 0.766. The molecule has 25 heavy (non-hydrogen) atoms. The van der Waals surface area contributed by atoms with Crippen molar-refractivity contribution in [1.82, 2.24) is 4.90 Å². The Morgan fingerprint density at radius 2 is 1.96 bits per heavy atom. The number of hydrogen-bond donors (Lipinski definition) is 2. The van der Waals surface area contributed by atoms with E-state index in [1.165, 1.54) is 17.2 Å². The molecule has 0 radical (unpaired) electrons. The van der Waals surface area contributed by atoms with E-state index < -0.39 is 23.5 Å². The number of amides is 1. The number of carbonyl (C=O) groups is 2. The molecule has 1 aliphatic heterocycles. The van der Waals surface area contributed by atoms with E-state index in [1.54, 1.807) is 18.2 Å². The highest BCUT2D eigenvalue weighted by molar-refractivity contribution is 6.14. The minimum absolute atomic E-state index is 0.0204. The Kier molecular flexibility index (Phi) is 4.81. The second-order valence-corrected chi connectivity index (χ2v) is 5.51. The molecule has 0 saturated carbocycles. The van der Waals surface area contributed by atoms with Crippen LogP contribution in [0.25, 0.3) is 6.08 Å².